The maximum Gasteiger partial charge on any atom is 0.481 e. The van der Waals surface area contributed by atoms with Gasteiger partial charge in [-0.15, -0.1) is 0 Å². The number of nitrogens with zero attached hydrogens (tertiary/aromatic N) is 3. The number of carbonyl (C=O) groups excluding carboxylic acids is 1. The van der Waals surface area contributed by atoms with Crippen molar-refractivity contribution in [2.45, 2.75) is 37.1 Å². The van der Waals surface area contributed by atoms with Gasteiger partial charge in [-0.3, -0.25) is 19.6 Å². The highest BCUT2D eigenvalue weighted by Gasteiger charge is 2.47. The van der Waals surface area contributed by atoms with Gasteiger partial charge in [0.1, 0.15) is 12.3 Å². The average molecular weight is 429 g/mol. The number of aliphatic hydroxyl groups excluding tert-OH is 1. The lowest BCUT2D eigenvalue weighted by Crippen LogP contribution is -2.55. The molecular formula is C10H17N5O10P2. The van der Waals surface area contributed by atoms with Gasteiger partial charge in [0, 0.05) is 6.42 Å². The Morgan fingerprint density at radius 1 is 1.41 bits per heavy atom. The summed E-state index contributed by atoms with van der Waals surface area (Å²) in [7, 11) is -10.3. The summed E-state index contributed by atoms with van der Waals surface area (Å²) in [6, 6.07) is -0.831. The molecule has 3 aliphatic rings. The number of aliphatic imine (C=N–C) groups is 2. The number of amides is 1. The standard InChI is InChI=1S/C10H17N5O10P2/c11-10-13-8-7(9(17)14-10)12-3-15(8)6-1-4(16)5(24-6)2-23-27(21,22)25-26(18,19)20/h3-8,16H,1-2H2,(H,21,22)(H2,18,19,20)(H3,11,13,14,17). The summed E-state index contributed by atoms with van der Waals surface area (Å²) in [6.07, 6.45) is -2.47. The fourth-order valence-electron chi connectivity index (χ4n) is 2.79. The molecule has 0 spiro atoms. The molecular weight excluding hydrogens is 412 g/mol. The van der Waals surface area contributed by atoms with Crippen molar-refractivity contribution in [1.82, 2.24) is 10.2 Å². The van der Waals surface area contributed by atoms with Gasteiger partial charge in [0.2, 0.25) is 0 Å². The Balaban J connectivity index is 1.61. The molecule has 27 heavy (non-hydrogen) atoms. The zero-order valence-electron chi connectivity index (χ0n) is 13.4. The fourth-order valence-corrected chi connectivity index (χ4v) is 4.39. The van der Waals surface area contributed by atoms with Crippen LogP contribution in [0.1, 0.15) is 6.42 Å². The second-order valence-electron chi connectivity index (χ2n) is 5.84. The van der Waals surface area contributed by atoms with Crippen LogP contribution in [-0.4, -0.2) is 80.1 Å². The van der Waals surface area contributed by atoms with Crippen LogP contribution in [0.4, 0.5) is 0 Å². The molecule has 1 saturated heterocycles. The monoisotopic (exact) mass is 429 g/mol. The van der Waals surface area contributed by atoms with Crippen molar-refractivity contribution in [3.8, 4) is 0 Å². The first-order chi connectivity index (χ1) is 12.5. The lowest BCUT2D eigenvalue weighted by atomic mass is 10.1. The van der Waals surface area contributed by atoms with E-state index in [0.29, 0.717) is 0 Å². The van der Waals surface area contributed by atoms with Crippen LogP contribution in [0.2, 0.25) is 0 Å². The highest BCUT2D eigenvalue weighted by atomic mass is 31.3. The van der Waals surface area contributed by atoms with Gasteiger partial charge >= 0.3 is 15.6 Å². The van der Waals surface area contributed by atoms with Crippen LogP contribution < -0.4 is 11.1 Å². The SMILES string of the molecule is NC1=NC2C(N=CN2C2CC(O)C(COP(=O)(O)OP(=O)(O)O)O2)C(=O)N1. The first kappa shape index (κ1) is 20.3. The summed E-state index contributed by atoms with van der Waals surface area (Å²) < 4.78 is 35.7. The number of nitrogens with two attached hydrogens (primary N) is 1. The third-order valence-corrected chi connectivity index (χ3v) is 6.04. The number of rotatable bonds is 6. The minimum Gasteiger partial charge on any atom is -0.390 e. The van der Waals surface area contributed by atoms with Gasteiger partial charge in [-0.05, 0) is 0 Å². The molecule has 1 fully saturated rings. The molecule has 3 aliphatic heterocycles. The van der Waals surface area contributed by atoms with Crippen molar-refractivity contribution in [2.24, 2.45) is 15.7 Å². The van der Waals surface area contributed by atoms with Gasteiger partial charge in [-0.1, -0.05) is 0 Å². The quantitative estimate of drug-likeness (QED) is 0.235. The van der Waals surface area contributed by atoms with E-state index in [0.717, 1.165) is 0 Å². The number of phosphoric ester groups is 1. The van der Waals surface area contributed by atoms with Crippen LogP contribution in [0.5, 0.6) is 0 Å². The molecule has 152 valence electrons. The maximum absolute atomic E-state index is 11.8. The van der Waals surface area contributed by atoms with Gasteiger partial charge in [-0.2, -0.15) is 4.31 Å². The predicted molar refractivity (Wildman–Crippen MR) is 85.9 cm³/mol. The second kappa shape index (κ2) is 7.20. The van der Waals surface area contributed by atoms with Crippen molar-refractivity contribution in [2.75, 3.05) is 6.61 Å². The van der Waals surface area contributed by atoms with E-state index >= 15 is 0 Å². The molecule has 0 aromatic carbocycles. The highest BCUT2D eigenvalue weighted by Crippen LogP contribution is 2.57. The minimum absolute atomic E-state index is 0.0232. The van der Waals surface area contributed by atoms with E-state index < -0.39 is 58.8 Å². The number of guanidine groups is 1. The number of ether oxygens (including phenoxy) is 1. The van der Waals surface area contributed by atoms with Crippen LogP contribution in [0, 0.1) is 0 Å². The Morgan fingerprint density at radius 2 is 2.11 bits per heavy atom. The lowest BCUT2D eigenvalue weighted by Gasteiger charge is -2.31. The van der Waals surface area contributed by atoms with Gasteiger partial charge in [-0.25, -0.2) is 14.1 Å². The molecule has 15 nitrogen and oxygen atoms in total. The van der Waals surface area contributed by atoms with Crippen LogP contribution in [0.25, 0.3) is 0 Å². The molecule has 6 atom stereocenters. The number of nitrogens with one attached hydrogen (secondary N) is 1. The summed E-state index contributed by atoms with van der Waals surface area (Å²) >= 11 is 0. The van der Waals surface area contributed by atoms with Crippen molar-refractivity contribution in [3.63, 3.8) is 0 Å². The normalized spacial score (nSPS) is 35.6. The van der Waals surface area contributed by atoms with E-state index in [-0.39, 0.29) is 12.4 Å². The molecule has 0 saturated carbocycles. The van der Waals surface area contributed by atoms with Gasteiger partial charge in [0.15, 0.2) is 18.2 Å². The number of hydrogen-bond donors (Lipinski definition) is 6. The second-order valence-corrected chi connectivity index (χ2v) is 8.67. The summed E-state index contributed by atoms with van der Waals surface area (Å²) in [5.41, 5.74) is 5.53. The summed E-state index contributed by atoms with van der Waals surface area (Å²) in [6.45, 7) is -0.684. The van der Waals surface area contributed by atoms with E-state index in [2.05, 4.69) is 24.1 Å². The number of carbonyl (C=O) groups is 1. The minimum atomic E-state index is -5.25. The molecule has 3 heterocycles. The fraction of sp³-hybridized carbons (Fsp3) is 0.700. The van der Waals surface area contributed by atoms with Gasteiger partial charge in [0.25, 0.3) is 5.91 Å². The maximum atomic E-state index is 11.8. The first-order valence-corrected chi connectivity index (χ1v) is 10.5. The van der Waals surface area contributed by atoms with Crippen molar-refractivity contribution in [3.05, 3.63) is 0 Å². The predicted octanol–water partition coefficient (Wildman–Crippen LogP) is -2.83. The molecule has 1 amide bonds. The topological polar surface area (TPSA) is 226 Å². The number of fused-ring (bicyclic) bond motifs is 1. The first-order valence-electron chi connectivity index (χ1n) is 7.48. The van der Waals surface area contributed by atoms with Crippen LogP contribution in [0.15, 0.2) is 9.98 Å². The zero-order chi connectivity index (χ0) is 20.0. The summed E-state index contributed by atoms with van der Waals surface area (Å²) in [4.78, 5) is 47.8. The summed E-state index contributed by atoms with van der Waals surface area (Å²) in [5.74, 6) is -0.536. The largest absolute Gasteiger partial charge is 0.481 e. The number of aliphatic hydroxyl groups is 1. The zero-order valence-corrected chi connectivity index (χ0v) is 15.2. The van der Waals surface area contributed by atoms with E-state index in [1.54, 1.807) is 0 Å². The molecule has 0 bridgehead atoms. The highest BCUT2D eigenvalue weighted by molar-refractivity contribution is 7.60. The third kappa shape index (κ3) is 4.71. The van der Waals surface area contributed by atoms with Gasteiger partial charge in [0.05, 0.1) is 19.0 Å². The van der Waals surface area contributed by atoms with Crippen LogP contribution >= 0.6 is 15.6 Å². The van der Waals surface area contributed by atoms with Crippen molar-refractivity contribution < 1.29 is 47.3 Å². The van der Waals surface area contributed by atoms with Crippen molar-refractivity contribution in [1.29, 1.82) is 0 Å². The number of phosphoric acid groups is 2. The molecule has 3 rings (SSSR count). The molecule has 6 unspecified atom stereocenters. The van der Waals surface area contributed by atoms with E-state index in [9.17, 15) is 23.9 Å². The van der Waals surface area contributed by atoms with E-state index in [4.69, 9.17) is 20.3 Å². The molecule has 0 aliphatic carbocycles. The molecule has 0 aromatic heterocycles. The summed E-state index contributed by atoms with van der Waals surface area (Å²) in [5, 5.41) is 12.4. The lowest BCUT2D eigenvalue weighted by molar-refractivity contribution is -0.123. The smallest absolute Gasteiger partial charge is 0.390 e. The van der Waals surface area contributed by atoms with E-state index in [1.165, 1.54) is 11.2 Å². The van der Waals surface area contributed by atoms with Gasteiger partial charge < -0.3 is 35.2 Å². The molecule has 0 radical (unpaired) electrons. The average Bonchev–Trinajstić information content (AvgIpc) is 3.06. The Bertz CT molecular complexity index is 769. The van der Waals surface area contributed by atoms with Crippen LogP contribution in [-0.2, 0) is 27.5 Å². The van der Waals surface area contributed by atoms with E-state index in [1.807, 2.05) is 0 Å². The Kier molecular flexibility index (Phi) is 5.42. The number of hydrogen-bond acceptors (Lipinski definition) is 11. The Hall–Kier alpha value is -1.41. The molecule has 0 aromatic rings. The Morgan fingerprint density at radius 3 is 2.78 bits per heavy atom. The third-order valence-electron chi connectivity index (χ3n) is 3.89. The van der Waals surface area contributed by atoms with Crippen molar-refractivity contribution >= 4 is 33.9 Å². The molecule has 17 heteroatoms. The Labute approximate surface area is 151 Å². The molecule has 7 N–H and O–H groups in total. The van der Waals surface area contributed by atoms with Crippen LogP contribution in [0.3, 0.4) is 0 Å².